The van der Waals surface area contributed by atoms with Crippen LogP contribution in [0.5, 0.6) is 0 Å². The summed E-state index contributed by atoms with van der Waals surface area (Å²) in [4.78, 5) is 27.7. The SMILES string of the molecule is CN1CCN(Cc2ccc(NC(=O)c3ccc4c(c3)N(Cc3cnc(N)cn3)CC4)cc2C(F)(F)F)CC1. The predicted molar refractivity (Wildman–Crippen MR) is 140 cm³/mol. The van der Waals surface area contributed by atoms with Crippen molar-refractivity contribution in [3.05, 3.63) is 76.7 Å². The van der Waals surface area contributed by atoms with Gasteiger partial charge in [0.05, 0.1) is 30.2 Å². The van der Waals surface area contributed by atoms with Crippen LogP contribution in [0.1, 0.15) is 32.7 Å². The molecule has 0 atom stereocenters. The van der Waals surface area contributed by atoms with Crippen molar-refractivity contribution in [1.82, 2.24) is 19.8 Å². The first-order valence-corrected chi connectivity index (χ1v) is 12.5. The minimum absolute atomic E-state index is 0.110. The highest BCUT2D eigenvalue weighted by Gasteiger charge is 2.34. The molecule has 1 fully saturated rings. The van der Waals surface area contributed by atoms with Gasteiger partial charge < -0.3 is 20.9 Å². The molecule has 2 aromatic carbocycles. The van der Waals surface area contributed by atoms with Crippen molar-refractivity contribution in [3.8, 4) is 0 Å². The molecule has 2 aliphatic heterocycles. The molecule has 3 N–H and O–H groups in total. The number of nitrogens with one attached hydrogen (secondary N) is 1. The van der Waals surface area contributed by atoms with Gasteiger partial charge in [0.15, 0.2) is 0 Å². The molecule has 1 amide bonds. The van der Waals surface area contributed by atoms with E-state index in [0.717, 1.165) is 49.1 Å². The minimum atomic E-state index is -4.53. The topological polar surface area (TPSA) is 90.6 Å². The van der Waals surface area contributed by atoms with E-state index in [0.29, 0.717) is 31.0 Å². The molecule has 0 aliphatic carbocycles. The van der Waals surface area contributed by atoms with Gasteiger partial charge in [-0.25, -0.2) is 4.98 Å². The molecule has 0 spiro atoms. The van der Waals surface area contributed by atoms with Crippen LogP contribution in [-0.4, -0.2) is 65.4 Å². The monoisotopic (exact) mass is 525 g/mol. The van der Waals surface area contributed by atoms with Crippen molar-refractivity contribution in [2.45, 2.75) is 25.7 Å². The standard InChI is InChI=1S/C27H30F3N7O/c1-35-8-10-36(11-9-35)16-20-4-5-21(13-23(20)27(28,29)30)34-26(38)19-3-2-18-6-7-37(24(18)12-19)17-22-14-33-25(31)15-32-22/h2-5,12-15H,6-11,16-17H2,1H3,(H2,31,33)(H,34,38). The highest BCUT2D eigenvalue weighted by Crippen LogP contribution is 2.35. The third-order valence-electron chi connectivity index (χ3n) is 7.08. The Morgan fingerprint density at radius 3 is 2.50 bits per heavy atom. The zero-order valence-corrected chi connectivity index (χ0v) is 21.1. The number of alkyl halides is 3. The third-order valence-corrected chi connectivity index (χ3v) is 7.08. The summed E-state index contributed by atoms with van der Waals surface area (Å²) in [5, 5.41) is 2.66. The van der Waals surface area contributed by atoms with Gasteiger partial charge in [-0.1, -0.05) is 12.1 Å². The van der Waals surface area contributed by atoms with E-state index < -0.39 is 17.6 Å². The van der Waals surface area contributed by atoms with Gasteiger partial charge in [0, 0.05) is 56.2 Å². The fourth-order valence-corrected chi connectivity index (χ4v) is 4.90. The number of nitrogens with zero attached hydrogens (tertiary/aromatic N) is 5. The normalized spacial score (nSPS) is 16.5. The molecule has 0 unspecified atom stereocenters. The maximum absolute atomic E-state index is 13.9. The first kappa shape index (κ1) is 25.9. The van der Waals surface area contributed by atoms with Crippen LogP contribution in [0.25, 0.3) is 0 Å². The number of rotatable bonds is 6. The van der Waals surface area contributed by atoms with Gasteiger partial charge in [-0.2, -0.15) is 13.2 Å². The minimum Gasteiger partial charge on any atom is -0.382 e. The molecule has 0 bridgehead atoms. The number of likely N-dealkylation sites (N-methyl/N-ethyl adjacent to an activating group) is 1. The largest absolute Gasteiger partial charge is 0.416 e. The molecule has 0 saturated carbocycles. The number of nitrogen functional groups attached to an aromatic ring is 1. The van der Waals surface area contributed by atoms with Crippen LogP contribution in [0, 0.1) is 0 Å². The molecule has 2 aliphatic rings. The Labute approximate surface area is 219 Å². The lowest BCUT2D eigenvalue weighted by Crippen LogP contribution is -2.44. The number of aromatic nitrogens is 2. The van der Waals surface area contributed by atoms with Crippen LogP contribution < -0.4 is 16.0 Å². The van der Waals surface area contributed by atoms with Crippen LogP contribution in [-0.2, 0) is 25.7 Å². The number of halogens is 3. The Hall–Kier alpha value is -3.70. The molecule has 0 radical (unpaired) electrons. The van der Waals surface area contributed by atoms with Gasteiger partial charge in [-0.05, 0) is 48.9 Å². The van der Waals surface area contributed by atoms with E-state index in [2.05, 4.69) is 25.1 Å². The number of fused-ring (bicyclic) bond motifs is 1. The molecule has 3 aromatic rings. The molecule has 11 heteroatoms. The zero-order valence-electron chi connectivity index (χ0n) is 21.1. The Balaban J connectivity index is 1.31. The van der Waals surface area contributed by atoms with Crippen LogP contribution in [0.4, 0.5) is 30.4 Å². The number of nitrogens with two attached hydrogens (primary N) is 1. The second-order valence-corrected chi connectivity index (χ2v) is 9.85. The summed E-state index contributed by atoms with van der Waals surface area (Å²) in [5.74, 6) is -0.123. The van der Waals surface area contributed by atoms with Crippen LogP contribution in [0.15, 0.2) is 48.8 Å². The number of hydrogen-bond acceptors (Lipinski definition) is 7. The van der Waals surface area contributed by atoms with Crippen LogP contribution in [0.2, 0.25) is 0 Å². The van der Waals surface area contributed by atoms with Crippen molar-refractivity contribution >= 4 is 23.1 Å². The van der Waals surface area contributed by atoms with E-state index in [9.17, 15) is 18.0 Å². The average Bonchev–Trinajstić information content (AvgIpc) is 3.29. The molecular formula is C27H30F3N7O. The van der Waals surface area contributed by atoms with Gasteiger partial charge >= 0.3 is 6.18 Å². The second-order valence-electron chi connectivity index (χ2n) is 9.85. The number of carbonyl (C=O) groups is 1. The van der Waals surface area contributed by atoms with Crippen molar-refractivity contribution in [3.63, 3.8) is 0 Å². The highest BCUT2D eigenvalue weighted by molar-refractivity contribution is 6.05. The molecular weight excluding hydrogens is 495 g/mol. The number of carbonyl (C=O) groups excluding carboxylic acids is 1. The lowest BCUT2D eigenvalue weighted by molar-refractivity contribution is -0.138. The summed E-state index contributed by atoms with van der Waals surface area (Å²) in [7, 11) is 2.00. The summed E-state index contributed by atoms with van der Waals surface area (Å²) in [6.07, 6.45) is -0.581. The van der Waals surface area contributed by atoms with Crippen molar-refractivity contribution in [2.75, 3.05) is 55.7 Å². The van der Waals surface area contributed by atoms with Gasteiger partial charge in [0.25, 0.3) is 5.91 Å². The first-order valence-electron chi connectivity index (χ1n) is 12.5. The molecule has 8 nitrogen and oxygen atoms in total. The number of benzene rings is 2. The summed E-state index contributed by atoms with van der Waals surface area (Å²) < 4.78 is 41.8. The van der Waals surface area contributed by atoms with Gasteiger partial charge in [-0.15, -0.1) is 0 Å². The second kappa shape index (κ2) is 10.6. The van der Waals surface area contributed by atoms with E-state index in [1.165, 1.54) is 18.3 Å². The number of amides is 1. The van der Waals surface area contributed by atoms with Crippen LogP contribution in [0.3, 0.4) is 0 Å². The molecule has 3 heterocycles. The summed E-state index contributed by atoms with van der Waals surface area (Å²) in [6, 6.07) is 9.40. The van der Waals surface area contributed by atoms with E-state index in [1.807, 2.05) is 18.0 Å². The first-order chi connectivity index (χ1) is 18.2. The number of anilines is 3. The molecule has 1 saturated heterocycles. The van der Waals surface area contributed by atoms with E-state index in [1.54, 1.807) is 18.3 Å². The summed E-state index contributed by atoms with van der Waals surface area (Å²) >= 11 is 0. The predicted octanol–water partition coefficient (Wildman–Crippen LogP) is 3.64. The van der Waals surface area contributed by atoms with E-state index in [4.69, 9.17) is 5.73 Å². The maximum Gasteiger partial charge on any atom is 0.416 e. The quantitative estimate of drug-likeness (QED) is 0.508. The van der Waals surface area contributed by atoms with Gasteiger partial charge in [0.1, 0.15) is 5.82 Å². The maximum atomic E-state index is 13.9. The molecule has 5 rings (SSSR count). The lowest BCUT2D eigenvalue weighted by atomic mass is 10.0. The van der Waals surface area contributed by atoms with Gasteiger partial charge in [-0.3, -0.25) is 14.7 Å². The Bertz CT molecular complexity index is 1310. The van der Waals surface area contributed by atoms with Gasteiger partial charge in [0.2, 0.25) is 0 Å². The van der Waals surface area contributed by atoms with E-state index >= 15 is 0 Å². The van der Waals surface area contributed by atoms with Crippen molar-refractivity contribution < 1.29 is 18.0 Å². The molecule has 38 heavy (non-hydrogen) atoms. The number of hydrogen-bond donors (Lipinski definition) is 2. The van der Waals surface area contributed by atoms with Crippen molar-refractivity contribution in [2.24, 2.45) is 0 Å². The summed E-state index contributed by atoms with van der Waals surface area (Å²) in [5.41, 5.74) is 8.32. The Morgan fingerprint density at radius 2 is 1.79 bits per heavy atom. The fourth-order valence-electron chi connectivity index (χ4n) is 4.90. The lowest BCUT2D eigenvalue weighted by Gasteiger charge is -2.33. The van der Waals surface area contributed by atoms with Crippen LogP contribution >= 0.6 is 0 Å². The molecule has 200 valence electrons. The third kappa shape index (κ3) is 5.89. The highest BCUT2D eigenvalue weighted by atomic mass is 19.4. The zero-order chi connectivity index (χ0) is 26.9. The van der Waals surface area contributed by atoms with E-state index in [-0.39, 0.29) is 17.8 Å². The Kier molecular flexibility index (Phi) is 7.22. The smallest absolute Gasteiger partial charge is 0.382 e. The molecule has 1 aromatic heterocycles. The average molecular weight is 526 g/mol. The summed E-state index contributed by atoms with van der Waals surface area (Å²) in [6.45, 7) is 4.56. The Morgan fingerprint density at radius 1 is 1.00 bits per heavy atom. The van der Waals surface area contributed by atoms with Crippen molar-refractivity contribution in [1.29, 1.82) is 0 Å². The fraction of sp³-hybridized carbons (Fsp3) is 0.370. The number of piperazine rings is 1.